The second-order valence-electron chi connectivity index (χ2n) is 5.32. The molecule has 3 rings (SSSR count). The van der Waals surface area contributed by atoms with Gasteiger partial charge in [-0.15, -0.1) is 0 Å². The Bertz CT molecular complexity index is 802. The molecule has 0 aliphatic carbocycles. The Balaban J connectivity index is 2.08. The quantitative estimate of drug-likeness (QED) is 0.614. The van der Waals surface area contributed by atoms with Crippen molar-refractivity contribution in [3.63, 3.8) is 0 Å². The first kappa shape index (κ1) is 15.9. The lowest BCUT2D eigenvalue weighted by Crippen LogP contribution is -2.44. The van der Waals surface area contributed by atoms with E-state index in [0.29, 0.717) is 16.2 Å². The van der Waals surface area contributed by atoms with Gasteiger partial charge in [0.25, 0.3) is 0 Å². The van der Waals surface area contributed by atoms with Crippen molar-refractivity contribution < 1.29 is 4.79 Å². The van der Waals surface area contributed by atoms with E-state index in [1.54, 1.807) is 0 Å². The van der Waals surface area contributed by atoms with Gasteiger partial charge in [0.1, 0.15) is 0 Å². The molecule has 2 N–H and O–H groups in total. The van der Waals surface area contributed by atoms with E-state index in [1.807, 2.05) is 61.5 Å². The van der Waals surface area contributed by atoms with Gasteiger partial charge in [-0.2, -0.15) is 0 Å². The zero-order valence-corrected chi connectivity index (χ0v) is 14.9. The topological polar surface area (TPSA) is 41.1 Å². The van der Waals surface area contributed by atoms with Gasteiger partial charge in [-0.05, 0) is 36.8 Å². The van der Waals surface area contributed by atoms with Crippen LogP contribution < -0.4 is 10.6 Å². The summed E-state index contributed by atoms with van der Waals surface area (Å²) < 4.78 is 0.963. The number of hydrogen-bond acceptors (Lipinski definition) is 2. The first-order valence-corrected chi connectivity index (χ1v) is 8.40. The number of halogens is 1. The first-order chi connectivity index (χ1) is 11.1. The number of carbonyl (C=O) groups is 1. The Hall–Kier alpha value is -1.98. The van der Waals surface area contributed by atoms with E-state index in [0.717, 1.165) is 15.7 Å². The molecule has 1 unspecified atom stereocenters. The zero-order valence-electron chi connectivity index (χ0n) is 12.5. The number of Topliss-reactive ketones (excluding diaryl/α,β-unsaturated/α-hetero) is 1. The molecule has 116 valence electrons. The van der Waals surface area contributed by atoms with Crippen LogP contribution in [0.25, 0.3) is 0 Å². The van der Waals surface area contributed by atoms with Crippen LogP contribution in [0.1, 0.15) is 28.9 Å². The molecule has 0 aromatic heterocycles. The van der Waals surface area contributed by atoms with Crippen LogP contribution in [0.2, 0.25) is 0 Å². The molecule has 5 heteroatoms. The van der Waals surface area contributed by atoms with Crippen LogP contribution >= 0.6 is 28.1 Å². The predicted molar refractivity (Wildman–Crippen MR) is 99.2 cm³/mol. The molecular formula is C18H15BrN2OS. The highest BCUT2D eigenvalue weighted by atomic mass is 79.9. The summed E-state index contributed by atoms with van der Waals surface area (Å²) in [4.78, 5) is 13.0. The Morgan fingerprint density at radius 3 is 2.57 bits per heavy atom. The standard InChI is InChI=1S/C18H15BrN2OS/c1-11-15(17(22)12-6-3-2-4-7-12)16(21-18(23)20-11)13-8-5-9-14(19)10-13/h2-10,16H,1H3,(H2,20,21,23). The third-order valence-corrected chi connectivity index (χ3v) is 4.44. The normalized spacial score (nSPS) is 17.5. The van der Waals surface area contributed by atoms with Gasteiger partial charge in [-0.1, -0.05) is 58.4 Å². The SMILES string of the molecule is CC1=C(C(=O)c2ccccc2)C(c2cccc(Br)c2)NC(=S)N1. The van der Waals surface area contributed by atoms with E-state index in [1.165, 1.54) is 0 Å². The van der Waals surface area contributed by atoms with Gasteiger partial charge >= 0.3 is 0 Å². The molecule has 0 fully saturated rings. The summed E-state index contributed by atoms with van der Waals surface area (Å²) in [5.74, 6) is -0.00410. The molecule has 3 nitrogen and oxygen atoms in total. The molecule has 0 radical (unpaired) electrons. The molecule has 2 aromatic carbocycles. The molecule has 1 aliphatic rings. The maximum Gasteiger partial charge on any atom is 0.193 e. The van der Waals surface area contributed by atoms with Crippen LogP contribution in [0.5, 0.6) is 0 Å². The second-order valence-corrected chi connectivity index (χ2v) is 6.64. The highest BCUT2D eigenvalue weighted by molar-refractivity contribution is 9.10. The monoisotopic (exact) mass is 386 g/mol. The number of allylic oxidation sites excluding steroid dienone is 1. The number of nitrogens with one attached hydrogen (secondary N) is 2. The Morgan fingerprint density at radius 1 is 1.13 bits per heavy atom. The lowest BCUT2D eigenvalue weighted by molar-refractivity contribution is 0.102. The minimum atomic E-state index is -0.269. The van der Waals surface area contributed by atoms with Gasteiger partial charge in [-0.25, -0.2) is 0 Å². The minimum Gasteiger partial charge on any atom is -0.351 e. The number of carbonyl (C=O) groups excluding carboxylic acids is 1. The molecule has 1 heterocycles. The number of thiocarbonyl (C=S) groups is 1. The van der Waals surface area contributed by atoms with Crippen molar-refractivity contribution in [3.05, 3.63) is 81.5 Å². The molecule has 0 saturated carbocycles. The van der Waals surface area contributed by atoms with Crippen molar-refractivity contribution in [2.75, 3.05) is 0 Å². The third kappa shape index (κ3) is 3.35. The lowest BCUT2D eigenvalue weighted by Gasteiger charge is -2.30. The van der Waals surface area contributed by atoms with Gasteiger partial charge in [0, 0.05) is 21.3 Å². The van der Waals surface area contributed by atoms with Crippen LogP contribution in [-0.2, 0) is 0 Å². The fraction of sp³-hybridized carbons (Fsp3) is 0.111. The zero-order chi connectivity index (χ0) is 16.4. The fourth-order valence-corrected chi connectivity index (χ4v) is 3.36. The summed E-state index contributed by atoms with van der Waals surface area (Å²) >= 11 is 8.75. The van der Waals surface area contributed by atoms with Crippen molar-refractivity contribution in [3.8, 4) is 0 Å². The fourth-order valence-electron chi connectivity index (χ4n) is 2.68. The number of rotatable bonds is 3. The lowest BCUT2D eigenvalue weighted by atomic mass is 9.90. The summed E-state index contributed by atoms with van der Waals surface area (Å²) in [6, 6.07) is 16.9. The van der Waals surface area contributed by atoms with Gasteiger partial charge < -0.3 is 10.6 Å². The van der Waals surface area contributed by atoms with E-state index in [2.05, 4.69) is 26.6 Å². The minimum absolute atomic E-state index is 0.00410. The largest absolute Gasteiger partial charge is 0.351 e. The molecule has 23 heavy (non-hydrogen) atoms. The van der Waals surface area contributed by atoms with Crippen LogP contribution in [0.15, 0.2) is 70.3 Å². The molecule has 0 amide bonds. The Morgan fingerprint density at radius 2 is 1.87 bits per heavy atom. The van der Waals surface area contributed by atoms with E-state index < -0.39 is 0 Å². The number of benzene rings is 2. The van der Waals surface area contributed by atoms with Crippen molar-refractivity contribution >= 4 is 39.0 Å². The summed E-state index contributed by atoms with van der Waals surface area (Å²) in [6.45, 7) is 1.88. The smallest absolute Gasteiger partial charge is 0.193 e. The molecular weight excluding hydrogens is 372 g/mol. The average Bonchev–Trinajstić information content (AvgIpc) is 2.54. The molecule has 1 aliphatic heterocycles. The molecule has 0 saturated heterocycles. The van der Waals surface area contributed by atoms with Gasteiger partial charge in [-0.3, -0.25) is 4.79 Å². The highest BCUT2D eigenvalue weighted by Crippen LogP contribution is 2.30. The highest BCUT2D eigenvalue weighted by Gasteiger charge is 2.30. The summed E-state index contributed by atoms with van der Waals surface area (Å²) in [5.41, 5.74) is 3.12. The summed E-state index contributed by atoms with van der Waals surface area (Å²) in [5, 5.41) is 6.80. The van der Waals surface area contributed by atoms with E-state index in [4.69, 9.17) is 12.2 Å². The van der Waals surface area contributed by atoms with Gasteiger partial charge in [0.2, 0.25) is 0 Å². The van der Waals surface area contributed by atoms with Crippen LogP contribution in [0, 0.1) is 0 Å². The average molecular weight is 387 g/mol. The van der Waals surface area contributed by atoms with Crippen LogP contribution in [-0.4, -0.2) is 10.9 Å². The van der Waals surface area contributed by atoms with Crippen molar-refractivity contribution in [2.45, 2.75) is 13.0 Å². The Kier molecular flexibility index (Phi) is 4.59. The van der Waals surface area contributed by atoms with Crippen LogP contribution in [0.4, 0.5) is 0 Å². The van der Waals surface area contributed by atoms with E-state index >= 15 is 0 Å². The molecule has 0 spiro atoms. The van der Waals surface area contributed by atoms with E-state index in [9.17, 15) is 4.79 Å². The predicted octanol–water partition coefficient (Wildman–Crippen LogP) is 4.12. The summed E-state index contributed by atoms with van der Waals surface area (Å²) in [6.07, 6.45) is 0. The second kappa shape index (κ2) is 6.64. The van der Waals surface area contributed by atoms with Crippen molar-refractivity contribution in [2.24, 2.45) is 0 Å². The van der Waals surface area contributed by atoms with Gasteiger partial charge in [0.15, 0.2) is 10.9 Å². The maximum absolute atomic E-state index is 13.0. The maximum atomic E-state index is 13.0. The van der Waals surface area contributed by atoms with Crippen LogP contribution in [0.3, 0.4) is 0 Å². The number of hydrogen-bond donors (Lipinski definition) is 2. The van der Waals surface area contributed by atoms with Gasteiger partial charge in [0.05, 0.1) is 6.04 Å². The summed E-state index contributed by atoms with van der Waals surface area (Å²) in [7, 11) is 0. The molecule has 0 bridgehead atoms. The molecule has 1 atom stereocenters. The van der Waals surface area contributed by atoms with Crippen molar-refractivity contribution in [1.82, 2.24) is 10.6 Å². The first-order valence-electron chi connectivity index (χ1n) is 7.20. The van der Waals surface area contributed by atoms with Crippen molar-refractivity contribution in [1.29, 1.82) is 0 Å². The van der Waals surface area contributed by atoms with E-state index in [-0.39, 0.29) is 11.8 Å². The Labute approximate surface area is 148 Å². The molecule has 2 aromatic rings. The number of ketones is 1. The third-order valence-electron chi connectivity index (χ3n) is 3.73.